The number of aliphatic hydroxyl groups excluding tert-OH is 8. The van der Waals surface area contributed by atoms with Gasteiger partial charge in [-0.25, -0.2) is 0 Å². The summed E-state index contributed by atoms with van der Waals surface area (Å²) < 4.78 is 10.4. The number of ether oxygens (including phenoxy) is 2. The van der Waals surface area contributed by atoms with Crippen LogP contribution < -0.4 is 0 Å². The molecule has 0 spiro atoms. The number of rotatable bonds is 10. The predicted molar refractivity (Wildman–Crippen MR) is 88.1 cm³/mol. The number of hydrogen-bond donors (Lipinski definition) is 8. The molecule has 1 rings (SSSR count). The first-order valence-corrected chi connectivity index (χ1v) is 8.70. The monoisotopic (exact) mass is 384 g/mol. The van der Waals surface area contributed by atoms with E-state index in [9.17, 15) is 35.7 Å². The largest absolute Gasteiger partial charge is 0.394 e. The summed E-state index contributed by atoms with van der Waals surface area (Å²) in [5.74, 6) is 0.0893. The first kappa shape index (κ1) is 23.6. The molecule has 1 aliphatic rings. The summed E-state index contributed by atoms with van der Waals surface area (Å²) in [6.45, 7) is 2.38. The summed E-state index contributed by atoms with van der Waals surface area (Å²) in [6, 6.07) is 0. The van der Waals surface area contributed by atoms with Crippen LogP contribution in [0.5, 0.6) is 0 Å². The van der Waals surface area contributed by atoms with Crippen molar-refractivity contribution in [1.82, 2.24) is 0 Å². The van der Waals surface area contributed by atoms with Gasteiger partial charge in [-0.1, -0.05) is 13.8 Å². The molecule has 0 aliphatic carbocycles. The van der Waals surface area contributed by atoms with E-state index in [0.29, 0.717) is 0 Å². The zero-order valence-corrected chi connectivity index (χ0v) is 15.0. The average Bonchev–Trinajstić information content (AvgIpc) is 2.59. The quantitative estimate of drug-likeness (QED) is 0.187. The molecule has 0 bridgehead atoms. The molecule has 0 radical (unpaired) electrons. The van der Waals surface area contributed by atoms with Gasteiger partial charge in [0.05, 0.1) is 25.9 Å². The van der Waals surface area contributed by atoms with Crippen molar-refractivity contribution < 1.29 is 50.3 Å². The highest BCUT2D eigenvalue weighted by Crippen LogP contribution is 2.21. The highest BCUT2D eigenvalue weighted by molar-refractivity contribution is 4.92. The van der Waals surface area contributed by atoms with Gasteiger partial charge in [-0.05, 0) is 12.3 Å². The summed E-state index contributed by atoms with van der Waals surface area (Å²) >= 11 is 0. The SMILES string of the molecule is CC(C)CC(O)C(O)C(O)C(O)COCC1OC(CO)C(O)C(O)C1O. The molecule has 0 aromatic carbocycles. The first-order valence-electron chi connectivity index (χ1n) is 8.70. The Kier molecular flexibility index (Phi) is 9.83. The van der Waals surface area contributed by atoms with Crippen molar-refractivity contribution in [3.8, 4) is 0 Å². The molecule has 1 fully saturated rings. The van der Waals surface area contributed by atoms with Crippen LogP contribution in [0.4, 0.5) is 0 Å². The molecular formula is C16H32O10. The number of hydrogen-bond acceptors (Lipinski definition) is 10. The summed E-state index contributed by atoms with van der Waals surface area (Å²) in [5, 5.41) is 77.7. The summed E-state index contributed by atoms with van der Waals surface area (Å²) in [7, 11) is 0. The summed E-state index contributed by atoms with van der Waals surface area (Å²) in [5.41, 5.74) is 0. The van der Waals surface area contributed by atoms with Crippen molar-refractivity contribution in [1.29, 1.82) is 0 Å². The molecule has 9 unspecified atom stereocenters. The predicted octanol–water partition coefficient (Wildman–Crippen LogP) is -3.66. The molecule has 8 N–H and O–H groups in total. The van der Waals surface area contributed by atoms with E-state index in [0.717, 1.165) is 0 Å². The van der Waals surface area contributed by atoms with Crippen LogP contribution >= 0.6 is 0 Å². The Bertz CT molecular complexity index is 393. The molecule has 156 valence electrons. The standard InChI is InChI=1S/C16H32O10/c1-7(2)3-8(18)12(20)13(21)9(19)5-25-6-11-15(23)16(24)14(22)10(4-17)26-11/h7-24H,3-6H2,1-2H3. The van der Waals surface area contributed by atoms with Crippen molar-refractivity contribution in [2.24, 2.45) is 5.92 Å². The van der Waals surface area contributed by atoms with E-state index in [4.69, 9.17) is 14.6 Å². The molecule has 10 nitrogen and oxygen atoms in total. The molecule has 9 atom stereocenters. The van der Waals surface area contributed by atoms with Crippen molar-refractivity contribution in [3.63, 3.8) is 0 Å². The Hall–Kier alpha value is -0.400. The third-order valence-corrected chi connectivity index (χ3v) is 4.41. The molecule has 0 aromatic heterocycles. The lowest BCUT2D eigenvalue weighted by Crippen LogP contribution is -2.59. The van der Waals surface area contributed by atoms with Gasteiger partial charge in [-0.2, -0.15) is 0 Å². The first-order chi connectivity index (χ1) is 12.1. The maximum Gasteiger partial charge on any atom is 0.111 e. The number of aliphatic hydroxyl groups is 8. The second-order valence-electron chi connectivity index (χ2n) is 7.15. The molecule has 0 amide bonds. The zero-order valence-electron chi connectivity index (χ0n) is 15.0. The van der Waals surface area contributed by atoms with E-state index in [-0.39, 0.29) is 18.9 Å². The highest BCUT2D eigenvalue weighted by atomic mass is 16.6. The van der Waals surface area contributed by atoms with E-state index in [1.807, 2.05) is 13.8 Å². The Balaban J connectivity index is 2.46. The third kappa shape index (κ3) is 6.34. The minimum Gasteiger partial charge on any atom is -0.394 e. The van der Waals surface area contributed by atoms with Gasteiger partial charge >= 0.3 is 0 Å². The van der Waals surface area contributed by atoms with E-state index >= 15 is 0 Å². The Morgan fingerprint density at radius 1 is 0.846 bits per heavy atom. The van der Waals surface area contributed by atoms with Crippen LogP contribution in [0.25, 0.3) is 0 Å². The van der Waals surface area contributed by atoms with E-state index in [2.05, 4.69) is 0 Å². The van der Waals surface area contributed by atoms with Gasteiger partial charge in [0.25, 0.3) is 0 Å². The third-order valence-electron chi connectivity index (χ3n) is 4.41. The van der Waals surface area contributed by atoms with Gasteiger partial charge in [-0.15, -0.1) is 0 Å². The minimum absolute atomic E-state index is 0.0893. The van der Waals surface area contributed by atoms with Crippen LogP contribution in [0.3, 0.4) is 0 Å². The van der Waals surface area contributed by atoms with Crippen LogP contribution in [-0.4, -0.2) is 116 Å². The summed E-state index contributed by atoms with van der Waals surface area (Å²) in [6.07, 6.45) is -12.3. The van der Waals surface area contributed by atoms with Gasteiger partial charge in [0.15, 0.2) is 0 Å². The Labute approximate surface area is 152 Å². The normalized spacial score (nSPS) is 34.5. The fraction of sp³-hybridized carbons (Fsp3) is 1.00. The Morgan fingerprint density at radius 2 is 1.38 bits per heavy atom. The van der Waals surface area contributed by atoms with Gasteiger partial charge in [-0.3, -0.25) is 0 Å². The average molecular weight is 384 g/mol. The molecule has 0 aromatic rings. The molecule has 1 heterocycles. The maximum atomic E-state index is 9.89. The van der Waals surface area contributed by atoms with Gasteiger partial charge in [0.1, 0.15) is 48.8 Å². The molecule has 1 aliphatic heterocycles. The Morgan fingerprint density at radius 3 is 1.92 bits per heavy atom. The van der Waals surface area contributed by atoms with Crippen molar-refractivity contribution >= 4 is 0 Å². The van der Waals surface area contributed by atoms with Crippen LogP contribution in [0.15, 0.2) is 0 Å². The van der Waals surface area contributed by atoms with Crippen molar-refractivity contribution in [3.05, 3.63) is 0 Å². The van der Waals surface area contributed by atoms with Crippen LogP contribution in [0.1, 0.15) is 20.3 Å². The van der Waals surface area contributed by atoms with Gasteiger partial charge in [0.2, 0.25) is 0 Å². The molecular weight excluding hydrogens is 352 g/mol. The lowest BCUT2D eigenvalue weighted by atomic mass is 9.95. The fourth-order valence-electron chi connectivity index (χ4n) is 2.80. The van der Waals surface area contributed by atoms with E-state index in [1.54, 1.807) is 0 Å². The van der Waals surface area contributed by atoms with Gasteiger partial charge < -0.3 is 50.3 Å². The smallest absolute Gasteiger partial charge is 0.111 e. The zero-order chi connectivity index (χ0) is 20.0. The van der Waals surface area contributed by atoms with Crippen LogP contribution in [-0.2, 0) is 9.47 Å². The van der Waals surface area contributed by atoms with Crippen LogP contribution in [0, 0.1) is 5.92 Å². The lowest BCUT2D eigenvalue weighted by Gasteiger charge is -2.40. The fourth-order valence-corrected chi connectivity index (χ4v) is 2.80. The molecule has 1 saturated heterocycles. The van der Waals surface area contributed by atoms with Crippen LogP contribution in [0.2, 0.25) is 0 Å². The lowest BCUT2D eigenvalue weighted by molar-refractivity contribution is -0.241. The van der Waals surface area contributed by atoms with E-state index in [1.165, 1.54) is 0 Å². The van der Waals surface area contributed by atoms with Crippen molar-refractivity contribution in [2.75, 3.05) is 19.8 Å². The minimum atomic E-state index is -1.64. The molecule has 0 saturated carbocycles. The van der Waals surface area contributed by atoms with Crippen molar-refractivity contribution in [2.45, 2.75) is 75.2 Å². The maximum absolute atomic E-state index is 9.89. The second kappa shape index (κ2) is 10.8. The molecule has 10 heteroatoms. The topological polar surface area (TPSA) is 180 Å². The molecule has 26 heavy (non-hydrogen) atoms. The second-order valence-corrected chi connectivity index (χ2v) is 7.15. The van der Waals surface area contributed by atoms with Gasteiger partial charge in [0, 0.05) is 0 Å². The highest BCUT2D eigenvalue weighted by Gasteiger charge is 2.43. The van der Waals surface area contributed by atoms with E-state index < -0.39 is 68.1 Å². The summed E-state index contributed by atoms with van der Waals surface area (Å²) in [4.78, 5) is 0.